The molecule has 1 nitrogen and oxygen atoms in total. The van der Waals surface area contributed by atoms with E-state index in [1.54, 1.807) is 0 Å². The van der Waals surface area contributed by atoms with Gasteiger partial charge in [0, 0.05) is 17.8 Å². The Hall–Kier alpha value is -1.12. The summed E-state index contributed by atoms with van der Waals surface area (Å²) in [4.78, 5) is 0. The monoisotopic (exact) mass is 267 g/mol. The van der Waals surface area contributed by atoms with Crippen LogP contribution in [0.5, 0.6) is 0 Å². The normalized spacial score (nSPS) is 24.3. The fourth-order valence-electron chi connectivity index (χ4n) is 3.19. The number of rotatable bonds is 2. The van der Waals surface area contributed by atoms with Gasteiger partial charge in [-0.2, -0.15) is 0 Å². The van der Waals surface area contributed by atoms with Gasteiger partial charge in [0.15, 0.2) is 0 Å². The first-order chi connectivity index (χ1) is 8.86. The molecule has 1 aliphatic rings. The number of nitrogens with one attached hydrogen (secondary N) is 1. The van der Waals surface area contributed by atoms with E-state index in [4.69, 9.17) is 0 Å². The summed E-state index contributed by atoms with van der Waals surface area (Å²) in [5, 5.41) is 3.34. The molecule has 0 radical (unpaired) electrons. The lowest BCUT2D eigenvalue weighted by atomic mass is 9.69. The molecule has 2 unspecified atom stereocenters. The topological polar surface area (TPSA) is 12.0 Å². The van der Waals surface area contributed by atoms with E-state index in [9.17, 15) is 8.78 Å². The van der Waals surface area contributed by atoms with Crippen molar-refractivity contribution in [3.8, 4) is 0 Å². The third-order valence-corrected chi connectivity index (χ3v) is 4.09. The second-order valence-electron chi connectivity index (χ2n) is 6.67. The third kappa shape index (κ3) is 3.68. The van der Waals surface area contributed by atoms with Crippen LogP contribution in [-0.4, -0.2) is 6.04 Å². The maximum atomic E-state index is 13.2. The van der Waals surface area contributed by atoms with Crippen LogP contribution in [0, 0.1) is 23.0 Å². The van der Waals surface area contributed by atoms with Gasteiger partial charge in [0.05, 0.1) is 0 Å². The number of hydrogen-bond acceptors (Lipinski definition) is 1. The van der Waals surface area contributed by atoms with Crippen molar-refractivity contribution < 1.29 is 8.78 Å². The summed E-state index contributed by atoms with van der Waals surface area (Å²) >= 11 is 0. The fraction of sp³-hybridized carbons (Fsp3) is 0.625. The quantitative estimate of drug-likeness (QED) is 0.796. The maximum absolute atomic E-state index is 13.2. The van der Waals surface area contributed by atoms with Crippen molar-refractivity contribution in [2.24, 2.45) is 11.3 Å². The Bertz CT molecular complexity index is 417. The van der Waals surface area contributed by atoms with Crippen molar-refractivity contribution in [1.82, 2.24) is 0 Å². The van der Waals surface area contributed by atoms with Crippen LogP contribution in [0.2, 0.25) is 0 Å². The summed E-state index contributed by atoms with van der Waals surface area (Å²) in [5.74, 6) is -0.510. The average Bonchev–Trinajstić information content (AvgIpc) is 2.26. The van der Waals surface area contributed by atoms with Crippen LogP contribution < -0.4 is 5.32 Å². The summed E-state index contributed by atoms with van der Waals surface area (Å²) < 4.78 is 26.5. The van der Waals surface area contributed by atoms with Crippen LogP contribution in [0.25, 0.3) is 0 Å². The van der Waals surface area contributed by atoms with Crippen molar-refractivity contribution in [2.45, 2.75) is 52.5 Å². The Balaban J connectivity index is 2.15. The zero-order chi connectivity index (χ0) is 14.0. The van der Waals surface area contributed by atoms with Crippen LogP contribution in [0.15, 0.2) is 18.2 Å². The van der Waals surface area contributed by atoms with Crippen molar-refractivity contribution in [1.29, 1.82) is 0 Å². The highest BCUT2D eigenvalue weighted by atomic mass is 19.1. The lowest BCUT2D eigenvalue weighted by Crippen LogP contribution is -2.39. The van der Waals surface area contributed by atoms with Crippen LogP contribution in [0.3, 0.4) is 0 Å². The highest BCUT2D eigenvalue weighted by molar-refractivity contribution is 5.45. The molecule has 0 amide bonds. The Labute approximate surface area is 114 Å². The molecule has 19 heavy (non-hydrogen) atoms. The van der Waals surface area contributed by atoms with Gasteiger partial charge in [-0.15, -0.1) is 0 Å². The van der Waals surface area contributed by atoms with Gasteiger partial charge in [0.2, 0.25) is 0 Å². The molecule has 0 aromatic heterocycles. The smallest absolute Gasteiger partial charge is 0.128 e. The molecule has 0 heterocycles. The number of anilines is 1. The first-order valence-corrected chi connectivity index (χ1v) is 7.09. The molecule has 106 valence electrons. The van der Waals surface area contributed by atoms with Crippen LogP contribution in [0.1, 0.15) is 46.5 Å². The summed E-state index contributed by atoms with van der Waals surface area (Å²) in [6.45, 7) is 6.72. The van der Waals surface area contributed by atoms with Crippen LogP contribution >= 0.6 is 0 Å². The number of benzene rings is 1. The predicted octanol–water partition coefficient (Wildman–Crippen LogP) is 4.98. The van der Waals surface area contributed by atoms with Crippen LogP contribution in [0.4, 0.5) is 14.5 Å². The number of hydrogen-bond donors (Lipinski definition) is 1. The van der Waals surface area contributed by atoms with Gasteiger partial charge in [-0.25, -0.2) is 8.78 Å². The highest BCUT2D eigenvalue weighted by Gasteiger charge is 2.34. The SMILES string of the molecule is CC(C)(C)C1CCCCC1Nc1cc(F)cc(F)c1. The molecular formula is C16H23F2N. The summed E-state index contributed by atoms with van der Waals surface area (Å²) in [5.41, 5.74) is 0.767. The van der Waals surface area contributed by atoms with E-state index in [0.717, 1.165) is 12.5 Å². The van der Waals surface area contributed by atoms with E-state index in [2.05, 4.69) is 26.1 Å². The predicted molar refractivity (Wildman–Crippen MR) is 75.2 cm³/mol. The average molecular weight is 267 g/mol. The van der Waals surface area contributed by atoms with Gasteiger partial charge in [-0.05, 0) is 36.3 Å². The molecule has 1 aromatic carbocycles. The van der Waals surface area contributed by atoms with E-state index in [0.29, 0.717) is 17.6 Å². The zero-order valence-corrected chi connectivity index (χ0v) is 12.0. The summed E-state index contributed by atoms with van der Waals surface area (Å²) in [7, 11) is 0. The minimum atomic E-state index is -0.523. The molecular weight excluding hydrogens is 244 g/mol. The molecule has 3 heteroatoms. The van der Waals surface area contributed by atoms with Crippen molar-refractivity contribution in [3.05, 3.63) is 29.8 Å². The van der Waals surface area contributed by atoms with Gasteiger partial charge in [0.1, 0.15) is 11.6 Å². The van der Waals surface area contributed by atoms with E-state index in [1.165, 1.54) is 31.4 Å². The molecule has 0 spiro atoms. The molecule has 2 rings (SSSR count). The molecule has 0 saturated heterocycles. The van der Waals surface area contributed by atoms with Crippen molar-refractivity contribution in [3.63, 3.8) is 0 Å². The first-order valence-electron chi connectivity index (χ1n) is 7.09. The molecule has 1 aliphatic carbocycles. The number of halogens is 2. The molecule has 1 N–H and O–H groups in total. The molecule has 0 bridgehead atoms. The largest absolute Gasteiger partial charge is 0.382 e. The zero-order valence-electron chi connectivity index (χ0n) is 12.0. The minimum absolute atomic E-state index is 0.212. The molecule has 2 atom stereocenters. The van der Waals surface area contributed by atoms with E-state index >= 15 is 0 Å². The van der Waals surface area contributed by atoms with Crippen molar-refractivity contribution in [2.75, 3.05) is 5.32 Å². The Kier molecular flexibility index (Phi) is 4.12. The minimum Gasteiger partial charge on any atom is -0.382 e. The van der Waals surface area contributed by atoms with Crippen LogP contribution in [-0.2, 0) is 0 Å². The van der Waals surface area contributed by atoms with Gasteiger partial charge >= 0.3 is 0 Å². The Morgan fingerprint density at radius 3 is 2.16 bits per heavy atom. The maximum Gasteiger partial charge on any atom is 0.128 e. The third-order valence-electron chi connectivity index (χ3n) is 4.09. The van der Waals surface area contributed by atoms with Gasteiger partial charge < -0.3 is 5.32 Å². The standard InChI is InChI=1S/C16H23F2N/c1-16(2,3)14-6-4-5-7-15(14)19-13-9-11(17)8-12(18)10-13/h8-10,14-15,19H,4-7H2,1-3H3. The fourth-order valence-corrected chi connectivity index (χ4v) is 3.19. The Morgan fingerprint density at radius 1 is 1.00 bits per heavy atom. The summed E-state index contributed by atoms with van der Waals surface area (Å²) in [6.07, 6.45) is 4.68. The first kappa shape index (κ1) is 14.3. The molecule has 0 aliphatic heterocycles. The molecule has 1 saturated carbocycles. The van der Waals surface area contributed by atoms with E-state index < -0.39 is 11.6 Å². The lowest BCUT2D eigenvalue weighted by Gasteiger charge is -2.41. The second kappa shape index (κ2) is 5.48. The van der Waals surface area contributed by atoms with Gasteiger partial charge in [-0.3, -0.25) is 0 Å². The molecule has 1 aromatic rings. The van der Waals surface area contributed by atoms with E-state index in [-0.39, 0.29) is 5.41 Å². The van der Waals surface area contributed by atoms with Gasteiger partial charge in [0.25, 0.3) is 0 Å². The van der Waals surface area contributed by atoms with Crippen molar-refractivity contribution >= 4 is 5.69 Å². The second-order valence-corrected chi connectivity index (χ2v) is 6.67. The molecule has 1 fully saturated rings. The Morgan fingerprint density at radius 2 is 1.58 bits per heavy atom. The van der Waals surface area contributed by atoms with E-state index in [1.807, 2.05) is 0 Å². The van der Waals surface area contributed by atoms with Gasteiger partial charge in [-0.1, -0.05) is 33.6 Å². The lowest BCUT2D eigenvalue weighted by molar-refractivity contribution is 0.163. The summed E-state index contributed by atoms with van der Waals surface area (Å²) in [6, 6.07) is 3.96. The highest BCUT2D eigenvalue weighted by Crippen LogP contribution is 2.39.